The lowest BCUT2D eigenvalue weighted by Crippen LogP contribution is -2.10. The van der Waals surface area contributed by atoms with Crippen LogP contribution in [0.4, 0.5) is 0 Å². The number of hydrogen-bond donors (Lipinski definition) is 0. The molecular formula is C68H102O6. The molecule has 0 fully saturated rings. The second kappa shape index (κ2) is 48.9. The van der Waals surface area contributed by atoms with Crippen molar-refractivity contribution in [1.29, 1.82) is 0 Å². The Morgan fingerprint density at radius 2 is 0.595 bits per heavy atom. The first kappa shape index (κ1) is 65.1. The van der Waals surface area contributed by atoms with Crippen molar-refractivity contribution < 1.29 is 28.6 Å². The normalized spacial score (nSPS) is 12.1. The summed E-state index contributed by atoms with van der Waals surface area (Å²) in [4.78, 5) is 38.6. The molecule has 0 saturated heterocycles. The van der Waals surface area contributed by atoms with Crippen LogP contribution in [0.5, 0.6) is 17.2 Å². The van der Waals surface area contributed by atoms with Gasteiger partial charge in [0.05, 0.1) is 0 Å². The standard InChI is InChI=1S/C68H102O6/c1-4-7-10-13-16-19-22-25-28-31-34-37-40-43-46-49-66(69)72-63-56-54-61(55-57-63)52-53-62-58-64(73-67(70)50-47-44-41-38-35-32-29-26-23-20-17-14-11-8-5-2)60-65(59-62)74-68(71)51-48-45-42-39-36-33-30-27-24-21-18-15-12-9-6-3/h16-21,25-30,52-60H,4-15,22-24,31-51H2,1-3H3/b19-16-,20-17-,21-18-,28-25-,29-26-,30-27-,53-52+. The highest BCUT2D eigenvalue weighted by Gasteiger charge is 2.12. The summed E-state index contributed by atoms with van der Waals surface area (Å²) in [5.41, 5.74) is 1.64. The first-order valence-corrected chi connectivity index (χ1v) is 29.9. The van der Waals surface area contributed by atoms with Crippen molar-refractivity contribution in [2.45, 2.75) is 252 Å². The number of carbonyl (C=O) groups is 3. The molecule has 0 unspecified atom stereocenters. The molecule has 2 aromatic rings. The minimum absolute atomic E-state index is 0.210. The van der Waals surface area contributed by atoms with E-state index in [1.807, 2.05) is 24.3 Å². The van der Waals surface area contributed by atoms with Gasteiger partial charge in [-0.15, -0.1) is 0 Å². The lowest BCUT2D eigenvalue weighted by molar-refractivity contribution is -0.135. The van der Waals surface area contributed by atoms with Gasteiger partial charge in [-0.05, 0) is 151 Å². The maximum atomic E-state index is 13.0. The van der Waals surface area contributed by atoms with Crippen LogP contribution in [0, 0.1) is 0 Å². The molecule has 74 heavy (non-hydrogen) atoms. The summed E-state index contributed by atoms with van der Waals surface area (Å²) in [6.07, 6.45) is 69.5. The van der Waals surface area contributed by atoms with Crippen LogP contribution in [-0.2, 0) is 14.4 Å². The fourth-order valence-electron chi connectivity index (χ4n) is 8.44. The van der Waals surface area contributed by atoms with Crippen LogP contribution in [0.25, 0.3) is 12.2 Å². The molecule has 0 atom stereocenters. The van der Waals surface area contributed by atoms with E-state index in [2.05, 4.69) is 93.7 Å². The van der Waals surface area contributed by atoms with E-state index < -0.39 is 0 Å². The molecule has 0 aromatic heterocycles. The van der Waals surface area contributed by atoms with Crippen LogP contribution in [-0.4, -0.2) is 17.9 Å². The van der Waals surface area contributed by atoms with E-state index in [9.17, 15) is 14.4 Å². The van der Waals surface area contributed by atoms with Crippen LogP contribution in [0.2, 0.25) is 0 Å². The number of carbonyl (C=O) groups excluding carboxylic acids is 3. The smallest absolute Gasteiger partial charge is 0.311 e. The number of hydrogen-bond acceptors (Lipinski definition) is 6. The van der Waals surface area contributed by atoms with E-state index in [1.54, 1.807) is 30.3 Å². The van der Waals surface area contributed by atoms with Gasteiger partial charge in [-0.1, -0.05) is 214 Å². The van der Waals surface area contributed by atoms with Gasteiger partial charge in [0, 0.05) is 25.3 Å². The minimum atomic E-state index is -0.292. The topological polar surface area (TPSA) is 78.9 Å². The second-order valence-electron chi connectivity index (χ2n) is 20.0. The minimum Gasteiger partial charge on any atom is -0.427 e. The summed E-state index contributed by atoms with van der Waals surface area (Å²) in [6.45, 7) is 6.72. The van der Waals surface area contributed by atoms with Crippen LogP contribution in [0.15, 0.2) is 115 Å². The van der Waals surface area contributed by atoms with Gasteiger partial charge >= 0.3 is 17.9 Å². The van der Waals surface area contributed by atoms with E-state index in [4.69, 9.17) is 14.2 Å². The molecule has 0 saturated carbocycles. The van der Waals surface area contributed by atoms with Gasteiger partial charge in [0.1, 0.15) is 17.2 Å². The first-order valence-electron chi connectivity index (χ1n) is 29.9. The number of benzene rings is 2. The van der Waals surface area contributed by atoms with Gasteiger partial charge in [-0.25, -0.2) is 0 Å². The third-order valence-electron chi connectivity index (χ3n) is 12.9. The van der Waals surface area contributed by atoms with Crippen molar-refractivity contribution in [2.75, 3.05) is 0 Å². The number of rotatable bonds is 47. The van der Waals surface area contributed by atoms with Crippen molar-refractivity contribution in [1.82, 2.24) is 0 Å². The lowest BCUT2D eigenvalue weighted by Gasteiger charge is -2.10. The third-order valence-corrected chi connectivity index (χ3v) is 12.9. The van der Waals surface area contributed by atoms with Crippen LogP contribution in [0.1, 0.15) is 263 Å². The molecule has 0 aliphatic rings. The molecule has 0 aliphatic heterocycles. The Hall–Kier alpha value is -4.97. The van der Waals surface area contributed by atoms with Gasteiger partial charge in [0.15, 0.2) is 0 Å². The monoisotopic (exact) mass is 1010 g/mol. The number of allylic oxidation sites excluding steroid dienone is 12. The second-order valence-corrected chi connectivity index (χ2v) is 20.0. The molecule has 0 amide bonds. The van der Waals surface area contributed by atoms with Crippen molar-refractivity contribution in [3.05, 3.63) is 127 Å². The summed E-state index contributed by atoms with van der Waals surface area (Å²) >= 11 is 0. The average Bonchev–Trinajstić information content (AvgIpc) is 3.39. The SMILES string of the molecule is CCCCC/C=C\C/C=C\CCCCCCCC(=O)Oc1ccc(/C=C/c2cc(OC(=O)CCCCCCC/C=C\C/C=C\CCCCC)cc(OC(=O)CCCCCCC/C=C\C/C=C\CCCCC)c2)cc1. The molecule has 410 valence electrons. The average molecular weight is 1020 g/mol. The van der Waals surface area contributed by atoms with Gasteiger partial charge < -0.3 is 14.2 Å². The molecule has 2 rings (SSSR count). The fraction of sp³-hybridized carbons (Fsp3) is 0.574. The van der Waals surface area contributed by atoms with E-state index in [1.165, 1.54) is 89.9 Å². The Morgan fingerprint density at radius 3 is 0.932 bits per heavy atom. The van der Waals surface area contributed by atoms with Gasteiger partial charge in [-0.3, -0.25) is 14.4 Å². The van der Waals surface area contributed by atoms with Gasteiger partial charge in [0.25, 0.3) is 0 Å². The zero-order valence-corrected chi connectivity index (χ0v) is 47.0. The fourth-order valence-corrected chi connectivity index (χ4v) is 8.44. The van der Waals surface area contributed by atoms with Crippen molar-refractivity contribution in [2.24, 2.45) is 0 Å². The molecule has 2 aromatic carbocycles. The molecular weight excluding hydrogens is 913 g/mol. The number of ether oxygens (including phenoxy) is 3. The maximum Gasteiger partial charge on any atom is 0.311 e. The molecule has 0 radical (unpaired) electrons. The lowest BCUT2D eigenvalue weighted by atomic mass is 10.1. The molecule has 6 heteroatoms. The summed E-state index contributed by atoms with van der Waals surface area (Å²) in [5.74, 6) is 0.431. The van der Waals surface area contributed by atoms with Crippen LogP contribution < -0.4 is 14.2 Å². The summed E-state index contributed by atoms with van der Waals surface area (Å²) in [6, 6.07) is 12.6. The van der Waals surface area contributed by atoms with Crippen molar-refractivity contribution in [3.8, 4) is 17.2 Å². The van der Waals surface area contributed by atoms with Crippen molar-refractivity contribution >= 4 is 30.1 Å². The molecule has 0 bridgehead atoms. The quantitative estimate of drug-likeness (QED) is 0.0216. The van der Waals surface area contributed by atoms with E-state index >= 15 is 0 Å². The number of esters is 3. The summed E-state index contributed by atoms with van der Waals surface area (Å²) < 4.78 is 17.3. The van der Waals surface area contributed by atoms with Gasteiger partial charge in [0.2, 0.25) is 0 Å². The van der Waals surface area contributed by atoms with E-state index in [-0.39, 0.29) is 17.9 Å². The van der Waals surface area contributed by atoms with Crippen molar-refractivity contribution in [3.63, 3.8) is 0 Å². The maximum absolute atomic E-state index is 13.0. The Bertz CT molecular complexity index is 1830. The van der Waals surface area contributed by atoms with Crippen LogP contribution in [0.3, 0.4) is 0 Å². The van der Waals surface area contributed by atoms with E-state index in [0.29, 0.717) is 36.5 Å². The molecule has 0 spiro atoms. The van der Waals surface area contributed by atoms with Gasteiger partial charge in [-0.2, -0.15) is 0 Å². The molecule has 0 N–H and O–H groups in total. The number of unbranched alkanes of at least 4 members (excludes halogenated alkanes) is 24. The molecule has 0 heterocycles. The Balaban J connectivity index is 1.83. The van der Waals surface area contributed by atoms with Crippen LogP contribution >= 0.6 is 0 Å². The Morgan fingerprint density at radius 1 is 0.311 bits per heavy atom. The highest BCUT2D eigenvalue weighted by atomic mass is 16.5. The molecule has 6 nitrogen and oxygen atoms in total. The first-order chi connectivity index (χ1) is 36.4. The zero-order valence-electron chi connectivity index (χ0n) is 47.0. The van der Waals surface area contributed by atoms with E-state index in [0.717, 1.165) is 133 Å². The third kappa shape index (κ3) is 40.4. The zero-order chi connectivity index (χ0) is 53.0. The highest BCUT2D eigenvalue weighted by Crippen LogP contribution is 2.27. The largest absolute Gasteiger partial charge is 0.427 e. The predicted octanol–water partition coefficient (Wildman–Crippen LogP) is 21.0. The predicted molar refractivity (Wildman–Crippen MR) is 317 cm³/mol. The highest BCUT2D eigenvalue weighted by molar-refractivity contribution is 5.77. The summed E-state index contributed by atoms with van der Waals surface area (Å²) in [7, 11) is 0. The summed E-state index contributed by atoms with van der Waals surface area (Å²) in [5, 5.41) is 0. The Kier molecular flexibility index (Phi) is 43.1. The Labute approximate surface area is 452 Å². The molecule has 0 aliphatic carbocycles.